The van der Waals surface area contributed by atoms with Gasteiger partial charge in [-0.1, -0.05) is 0 Å². The monoisotopic (exact) mass is 525 g/mol. The zero-order valence-corrected chi connectivity index (χ0v) is 20.8. The molecule has 4 rings (SSSR count). The Morgan fingerprint density at radius 3 is 2.49 bits per heavy atom. The van der Waals surface area contributed by atoms with Crippen LogP contribution >= 0.6 is 0 Å². The zero-order chi connectivity index (χ0) is 27.1. The van der Waals surface area contributed by atoms with Crippen molar-refractivity contribution in [2.24, 2.45) is 5.92 Å². The first-order valence-electron chi connectivity index (χ1n) is 11.9. The van der Waals surface area contributed by atoms with Gasteiger partial charge in [-0.25, -0.2) is 9.97 Å². The number of alkyl halides is 3. The van der Waals surface area contributed by atoms with E-state index in [-0.39, 0.29) is 30.9 Å². The smallest absolute Gasteiger partial charge is 0.405 e. The van der Waals surface area contributed by atoms with E-state index in [1.807, 2.05) is 20.8 Å². The van der Waals surface area contributed by atoms with E-state index in [1.54, 1.807) is 19.1 Å². The molecule has 3 aromatic heterocycles. The molecule has 3 aromatic rings. The highest BCUT2D eigenvalue weighted by molar-refractivity contribution is 5.89. The third-order valence-electron chi connectivity index (χ3n) is 6.09. The molecule has 0 bridgehead atoms. The van der Waals surface area contributed by atoms with Gasteiger partial charge < -0.3 is 35.1 Å². The molecule has 10 nitrogen and oxygen atoms in total. The largest absolute Gasteiger partial charge is 0.472 e. The summed E-state index contributed by atoms with van der Waals surface area (Å²) < 4.78 is 50.4. The van der Waals surface area contributed by atoms with Crippen LogP contribution in [0.25, 0.3) is 22.3 Å². The number of aliphatic hydroxyl groups is 3. The second-order valence-corrected chi connectivity index (χ2v) is 9.50. The van der Waals surface area contributed by atoms with Crippen LogP contribution < -0.4 is 15.4 Å². The number of aryl methyl sites for hydroxylation is 2. The van der Waals surface area contributed by atoms with Crippen molar-refractivity contribution in [3.63, 3.8) is 0 Å². The van der Waals surface area contributed by atoms with Gasteiger partial charge in [-0.15, -0.1) is 0 Å². The van der Waals surface area contributed by atoms with Gasteiger partial charge in [0, 0.05) is 23.6 Å². The fourth-order valence-corrected chi connectivity index (χ4v) is 4.43. The Morgan fingerprint density at radius 1 is 1.14 bits per heavy atom. The second-order valence-electron chi connectivity index (χ2n) is 9.50. The molecule has 1 aliphatic carbocycles. The number of pyridine rings is 1. The molecule has 0 amide bonds. The number of nitrogens with zero attached hydrogens (tertiary/aromatic N) is 3. The van der Waals surface area contributed by atoms with Crippen LogP contribution in [0.1, 0.15) is 31.7 Å². The molecule has 5 N–H and O–H groups in total. The van der Waals surface area contributed by atoms with Crippen molar-refractivity contribution in [1.82, 2.24) is 15.0 Å². The summed E-state index contributed by atoms with van der Waals surface area (Å²) in [5.74, 6) is -0.136. The van der Waals surface area contributed by atoms with Gasteiger partial charge in [-0.2, -0.15) is 18.2 Å². The third kappa shape index (κ3) is 5.89. The molecular weight excluding hydrogens is 495 g/mol. The van der Waals surface area contributed by atoms with Gasteiger partial charge in [-0.05, 0) is 46.2 Å². The molecule has 1 aliphatic rings. The third-order valence-corrected chi connectivity index (χ3v) is 6.09. The van der Waals surface area contributed by atoms with Crippen LogP contribution in [-0.2, 0) is 0 Å². The van der Waals surface area contributed by atoms with Crippen molar-refractivity contribution in [2.45, 2.75) is 64.6 Å². The number of furan rings is 1. The molecule has 0 radical (unpaired) electrons. The van der Waals surface area contributed by atoms with Gasteiger partial charge in [0.25, 0.3) is 5.88 Å². The Hall–Kier alpha value is -3.16. The van der Waals surface area contributed by atoms with Crippen LogP contribution in [0.4, 0.5) is 24.9 Å². The van der Waals surface area contributed by atoms with Gasteiger partial charge in [-0.3, -0.25) is 0 Å². The van der Waals surface area contributed by atoms with Gasteiger partial charge in [0.05, 0.1) is 29.5 Å². The Kier molecular flexibility index (Phi) is 7.49. The molecule has 37 heavy (non-hydrogen) atoms. The van der Waals surface area contributed by atoms with E-state index in [4.69, 9.17) is 9.15 Å². The molecule has 0 spiro atoms. The van der Waals surface area contributed by atoms with Crippen molar-refractivity contribution >= 4 is 22.7 Å². The number of ether oxygens (including phenoxy) is 1. The minimum atomic E-state index is -4.49. The van der Waals surface area contributed by atoms with Crippen LogP contribution in [0.2, 0.25) is 0 Å². The maximum Gasteiger partial charge on any atom is 0.405 e. The normalized spacial score (nSPS) is 22.1. The summed E-state index contributed by atoms with van der Waals surface area (Å²) >= 11 is 0. The average molecular weight is 526 g/mol. The number of fused-ring (bicyclic) bond motifs is 1. The fourth-order valence-electron chi connectivity index (χ4n) is 4.43. The summed E-state index contributed by atoms with van der Waals surface area (Å²) in [7, 11) is 0. The maximum atomic E-state index is 12.8. The number of rotatable bonds is 8. The number of anilines is 2. The molecule has 4 atom stereocenters. The number of aromatic nitrogens is 3. The number of nitrogens with one attached hydrogen (secondary N) is 2. The summed E-state index contributed by atoms with van der Waals surface area (Å²) in [6.07, 6.45) is -6.85. The summed E-state index contributed by atoms with van der Waals surface area (Å²) in [5, 5.41) is 36.2. The van der Waals surface area contributed by atoms with Crippen molar-refractivity contribution in [3.05, 3.63) is 23.5 Å². The number of hydrogen-bond donors (Lipinski definition) is 5. The minimum Gasteiger partial charge on any atom is -0.472 e. The van der Waals surface area contributed by atoms with Gasteiger partial charge in [0.15, 0.2) is 5.58 Å². The van der Waals surface area contributed by atoms with E-state index in [0.717, 1.165) is 0 Å². The Bertz CT molecular complexity index is 1270. The molecule has 0 aliphatic heterocycles. The lowest BCUT2D eigenvalue weighted by Gasteiger charge is -2.21. The van der Waals surface area contributed by atoms with Crippen LogP contribution in [0.15, 0.2) is 16.5 Å². The summed E-state index contributed by atoms with van der Waals surface area (Å²) in [4.78, 5) is 12.9. The van der Waals surface area contributed by atoms with E-state index in [1.165, 1.54) is 0 Å². The molecule has 0 aromatic carbocycles. The molecular formula is C24H30F3N5O5. The molecule has 202 valence electrons. The van der Waals surface area contributed by atoms with E-state index in [9.17, 15) is 28.5 Å². The lowest BCUT2D eigenvalue weighted by atomic mass is 10.1. The van der Waals surface area contributed by atoms with Gasteiger partial charge >= 0.3 is 6.18 Å². The van der Waals surface area contributed by atoms with Crippen molar-refractivity contribution in [3.8, 4) is 17.2 Å². The standard InChI is InChI=1S/C24H30F3N5O5/c1-10(2)36-22-20-13(5-11(3)29-22)7-16(37-20)17-12(4)30-23(28-9-24(25,26)27)32-21(17)31-15-6-14(8-33)18(34)19(15)35/h5,7,10,14-15,18-19,33-35H,6,8-9H2,1-4H3,(H2,28,30,31,32)/t14-,15-,18-,19+/m1/s1. The number of aliphatic hydroxyl groups excluding tert-OH is 3. The van der Waals surface area contributed by atoms with Crippen LogP contribution in [0.5, 0.6) is 5.88 Å². The predicted molar refractivity (Wildman–Crippen MR) is 129 cm³/mol. The van der Waals surface area contributed by atoms with E-state index in [2.05, 4.69) is 25.6 Å². The SMILES string of the molecule is Cc1cc2cc(-c3c(C)nc(NCC(F)(F)F)nc3N[C@@H]3C[C@H](CO)[C@@H](O)[C@H]3O)oc2c(OC(C)C)n1. The van der Waals surface area contributed by atoms with E-state index < -0.39 is 36.9 Å². The Labute approximate surface area is 210 Å². The fraction of sp³-hybridized carbons (Fsp3) is 0.542. The highest BCUT2D eigenvalue weighted by Gasteiger charge is 2.41. The van der Waals surface area contributed by atoms with Crippen molar-refractivity contribution < 1.29 is 37.6 Å². The average Bonchev–Trinajstić information content (AvgIpc) is 3.32. The molecule has 0 unspecified atom stereocenters. The van der Waals surface area contributed by atoms with Crippen molar-refractivity contribution in [1.29, 1.82) is 0 Å². The van der Waals surface area contributed by atoms with Gasteiger partial charge in [0.1, 0.15) is 24.2 Å². The van der Waals surface area contributed by atoms with Gasteiger partial charge in [0.2, 0.25) is 5.95 Å². The van der Waals surface area contributed by atoms with E-state index >= 15 is 0 Å². The summed E-state index contributed by atoms with van der Waals surface area (Å²) in [5.41, 5.74) is 1.75. The summed E-state index contributed by atoms with van der Waals surface area (Å²) in [6.45, 7) is 5.44. The summed E-state index contributed by atoms with van der Waals surface area (Å²) in [6, 6.07) is 2.80. The predicted octanol–water partition coefficient (Wildman–Crippen LogP) is 3.18. The minimum absolute atomic E-state index is 0.0991. The highest BCUT2D eigenvalue weighted by Crippen LogP contribution is 2.39. The number of hydrogen-bond acceptors (Lipinski definition) is 10. The van der Waals surface area contributed by atoms with Crippen LogP contribution in [-0.4, -0.2) is 74.0 Å². The Balaban J connectivity index is 1.80. The van der Waals surface area contributed by atoms with Crippen LogP contribution in [0.3, 0.4) is 0 Å². The number of halogens is 3. The lowest BCUT2D eigenvalue weighted by Crippen LogP contribution is -2.36. The lowest BCUT2D eigenvalue weighted by molar-refractivity contribution is -0.115. The zero-order valence-electron chi connectivity index (χ0n) is 20.8. The first-order chi connectivity index (χ1) is 17.4. The maximum absolute atomic E-state index is 12.8. The first kappa shape index (κ1) is 26.9. The topological polar surface area (TPSA) is 146 Å². The van der Waals surface area contributed by atoms with Crippen LogP contribution in [0, 0.1) is 19.8 Å². The molecule has 0 saturated heterocycles. The molecule has 3 heterocycles. The quantitative estimate of drug-likeness (QED) is 0.297. The highest BCUT2D eigenvalue weighted by atomic mass is 19.4. The van der Waals surface area contributed by atoms with Crippen molar-refractivity contribution in [2.75, 3.05) is 23.8 Å². The molecule has 13 heteroatoms. The van der Waals surface area contributed by atoms with E-state index in [0.29, 0.717) is 39.6 Å². The first-order valence-corrected chi connectivity index (χ1v) is 11.9. The second kappa shape index (κ2) is 10.3. The molecule has 1 saturated carbocycles. The molecule has 1 fully saturated rings. The Morgan fingerprint density at radius 2 is 1.86 bits per heavy atom.